The minimum absolute atomic E-state index is 0.447. The summed E-state index contributed by atoms with van der Waals surface area (Å²) in [6, 6.07) is 4.35. The van der Waals surface area contributed by atoms with E-state index in [0.29, 0.717) is 11.4 Å². The lowest BCUT2D eigenvalue weighted by molar-refractivity contribution is -0.137. The predicted molar refractivity (Wildman–Crippen MR) is 79.9 cm³/mol. The SMILES string of the molecule is O=CC1NC(c2ccc(C(F)(F)F)cc2)=NC2=C1CSCC2. The van der Waals surface area contributed by atoms with E-state index in [0.717, 1.165) is 47.6 Å². The Bertz CT molecular complexity index is 650. The number of aliphatic imine (C=N–C) groups is 1. The van der Waals surface area contributed by atoms with Crippen molar-refractivity contribution in [2.24, 2.45) is 4.99 Å². The van der Waals surface area contributed by atoms with Crippen LogP contribution in [-0.2, 0) is 11.0 Å². The van der Waals surface area contributed by atoms with Gasteiger partial charge in [0.1, 0.15) is 18.2 Å². The van der Waals surface area contributed by atoms with Crippen LogP contribution in [0.4, 0.5) is 13.2 Å². The number of aldehydes is 1. The molecule has 2 aliphatic heterocycles. The quantitative estimate of drug-likeness (QED) is 0.850. The Morgan fingerprint density at radius 3 is 2.64 bits per heavy atom. The Kier molecular flexibility index (Phi) is 3.99. The maximum Gasteiger partial charge on any atom is 0.416 e. The molecule has 0 spiro atoms. The number of benzene rings is 1. The lowest BCUT2D eigenvalue weighted by Gasteiger charge is -2.28. The highest BCUT2D eigenvalue weighted by Crippen LogP contribution is 2.31. The standard InChI is InChI=1S/C15H13F3N2OS/c16-15(17,18)10-3-1-9(2-4-10)14-19-12-5-6-22-8-11(12)13(7-21)20-14/h1-4,7,13H,5-6,8H2,(H,19,20). The fraction of sp³-hybridized carbons (Fsp3) is 0.333. The van der Waals surface area contributed by atoms with Gasteiger partial charge >= 0.3 is 6.18 Å². The molecule has 0 fully saturated rings. The van der Waals surface area contributed by atoms with E-state index in [2.05, 4.69) is 10.3 Å². The van der Waals surface area contributed by atoms with E-state index in [-0.39, 0.29) is 0 Å². The summed E-state index contributed by atoms with van der Waals surface area (Å²) in [6.45, 7) is 0. The molecule has 22 heavy (non-hydrogen) atoms. The van der Waals surface area contributed by atoms with Crippen molar-refractivity contribution in [1.29, 1.82) is 0 Å². The molecule has 1 unspecified atom stereocenters. The second-order valence-corrected chi connectivity index (χ2v) is 6.17. The van der Waals surface area contributed by atoms with Gasteiger partial charge in [-0.05, 0) is 29.9 Å². The molecule has 0 aromatic heterocycles. The topological polar surface area (TPSA) is 41.5 Å². The van der Waals surface area contributed by atoms with Crippen molar-refractivity contribution in [2.45, 2.75) is 18.6 Å². The highest BCUT2D eigenvalue weighted by atomic mass is 32.2. The first-order valence-corrected chi connectivity index (χ1v) is 7.92. The first-order valence-electron chi connectivity index (χ1n) is 6.77. The Balaban J connectivity index is 1.93. The maximum absolute atomic E-state index is 12.6. The molecule has 0 bridgehead atoms. The molecule has 0 saturated carbocycles. The van der Waals surface area contributed by atoms with Crippen LogP contribution in [0.15, 0.2) is 40.5 Å². The van der Waals surface area contributed by atoms with Gasteiger partial charge in [0.2, 0.25) is 0 Å². The molecular formula is C15H13F3N2OS. The second kappa shape index (κ2) is 5.79. The summed E-state index contributed by atoms with van der Waals surface area (Å²) in [7, 11) is 0. The number of carbonyl (C=O) groups excluding carboxylic acids is 1. The van der Waals surface area contributed by atoms with Gasteiger partial charge in [-0.2, -0.15) is 24.9 Å². The van der Waals surface area contributed by atoms with E-state index in [4.69, 9.17) is 0 Å². The van der Waals surface area contributed by atoms with E-state index < -0.39 is 17.8 Å². The minimum atomic E-state index is -4.36. The van der Waals surface area contributed by atoms with Crippen molar-refractivity contribution in [3.05, 3.63) is 46.7 Å². The van der Waals surface area contributed by atoms with E-state index >= 15 is 0 Å². The molecule has 0 amide bonds. The third kappa shape index (κ3) is 2.90. The number of thioether (sulfide) groups is 1. The van der Waals surface area contributed by atoms with E-state index in [1.807, 2.05) is 0 Å². The van der Waals surface area contributed by atoms with Crippen molar-refractivity contribution in [1.82, 2.24) is 5.32 Å². The summed E-state index contributed by atoms with van der Waals surface area (Å²) in [4.78, 5) is 15.8. The number of rotatable bonds is 2. The number of carbonyl (C=O) groups is 1. The highest BCUT2D eigenvalue weighted by Gasteiger charge is 2.31. The van der Waals surface area contributed by atoms with Crippen molar-refractivity contribution in [2.75, 3.05) is 11.5 Å². The first kappa shape index (κ1) is 15.1. The molecule has 3 nitrogen and oxygen atoms in total. The van der Waals surface area contributed by atoms with Gasteiger partial charge in [-0.25, -0.2) is 4.99 Å². The number of hydrogen-bond acceptors (Lipinski definition) is 4. The van der Waals surface area contributed by atoms with Crippen molar-refractivity contribution >= 4 is 23.9 Å². The zero-order valence-corrected chi connectivity index (χ0v) is 12.3. The molecular weight excluding hydrogens is 313 g/mol. The van der Waals surface area contributed by atoms with E-state index in [1.54, 1.807) is 11.8 Å². The summed E-state index contributed by atoms with van der Waals surface area (Å²) in [6.07, 6.45) is -2.77. The average molecular weight is 326 g/mol. The number of nitrogens with one attached hydrogen (secondary N) is 1. The predicted octanol–water partition coefficient (Wildman–Crippen LogP) is 3.01. The van der Waals surface area contributed by atoms with Gasteiger partial charge in [0.15, 0.2) is 0 Å². The zero-order chi connectivity index (χ0) is 15.7. The summed E-state index contributed by atoms with van der Waals surface area (Å²) in [5, 5.41) is 3.01. The number of nitrogens with zero attached hydrogens (tertiary/aromatic N) is 1. The van der Waals surface area contributed by atoms with Crippen LogP contribution in [0.2, 0.25) is 0 Å². The van der Waals surface area contributed by atoms with Crippen LogP contribution in [0, 0.1) is 0 Å². The number of alkyl halides is 3. The molecule has 7 heteroatoms. The summed E-state index contributed by atoms with van der Waals surface area (Å²) in [5.41, 5.74) is 1.70. The molecule has 2 aliphatic rings. The second-order valence-electron chi connectivity index (χ2n) is 5.07. The fourth-order valence-corrected chi connectivity index (χ4v) is 3.52. The van der Waals surface area contributed by atoms with Crippen LogP contribution < -0.4 is 5.32 Å². The Morgan fingerprint density at radius 2 is 2.00 bits per heavy atom. The van der Waals surface area contributed by atoms with Crippen LogP contribution in [0.25, 0.3) is 0 Å². The molecule has 1 aromatic rings. The molecule has 0 aliphatic carbocycles. The third-order valence-corrected chi connectivity index (χ3v) is 4.66. The van der Waals surface area contributed by atoms with Crippen molar-refractivity contribution in [3.8, 4) is 0 Å². The molecule has 1 N–H and O–H groups in total. The van der Waals surface area contributed by atoms with Gasteiger partial charge in [-0.1, -0.05) is 12.1 Å². The number of halogens is 3. The van der Waals surface area contributed by atoms with Gasteiger partial charge in [0.05, 0.1) is 5.56 Å². The Morgan fingerprint density at radius 1 is 1.27 bits per heavy atom. The average Bonchev–Trinajstić information content (AvgIpc) is 2.53. The number of amidine groups is 1. The van der Waals surface area contributed by atoms with Crippen molar-refractivity contribution < 1.29 is 18.0 Å². The van der Waals surface area contributed by atoms with E-state index in [1.165, 1.54) is 12.1 Å². The minimum Gasteiger partial charge on any atom is -0.356 e. The summed E-state index contributed by atoms with van der Waals surface area (Å²) >= 11 is 1.75. The molecule has 1 atom stereocenters. The lowest BCUT2D eigenvalue weighted by atomic mass is 10.0. The Hall–Kier alpha value is -1.76. The van der Waals surface area contributed by atoms with Crippen molar-refractivity contribution in [3.63, 3.8) is 0 Å². The smallest absolute Gasteiger partial charge is 0.356 e. The normalized spacial score (nSPS) is 21.8. The zero-order valence-electron chi connectivity index (χ0n) is 11.5. The lowest BCUT2D eigenvalue weighted by Crippen LogP contribution is -2.42. The van der Waals surface area contributed by atoms with Crippen LogP contribution in [0.5, 0.6) is 0 Å². The molecule has 0 saturated heterocycles. The van der Waals surface area contributed by atoms with Crippen LogP contribution >= 0.6 is 11.8 Å². The Labute approximate surface area is 129 Å². The van der Waals surface area contributed by atoms with Gasteiger partial charge in [-0.3, -0.25) is 0 Å². The third-order valence-electron chi connectivity index (χ3n) is 3.65. The van der Waals surface area contributed by atoms with Crippen LogP contribution in [-0.4, -0.2) is 29.7 Å². The van der Waals surface area contributed by atoms with E-state index in [9.17, 15) is 18.0 Å². The number of hydrogen-bond donors (Lipinski definition) is 1. The monoisotopic (exact) mass is 326 g/mol. The molecule has 2 heterocycles. The molecule has 0 radical (unpaired) electrons. The van der Waals surface area contributed by atoms with Gasteiger partial charge in [0, 0.05) is 17.0 Å². The molecule has 1 aromatic carbocycles. The maximum atomic E-state index is 12.6. The fourth-order valence-electron chi connectivity index (χ4n) is 2.47. The first-order chi connectivity index (χ1) is 10.5. The largest absolute Gasteiger partial charge is 0.416 e. The van der Waals surface area contributed by atoms with Crippen LogP contribution in [0.3, 0.4) is 0 Å². The number of allylic oxidation sites excluding steroid dienone is 1. The van der Waals surface area contributed by atoms with Crippen LogP contribution in [0.1, 0.15) is 17.5 Å². The summed E-state index contributed by atoms with van der Waals surface area (Å²) in [5.74, 6) is 2.15. The highest BCUT2D eigenvalue weighted by molar-refractivity contribution is 7.99. The van der Waals surface area contributed by atoms with Gasteiger partial charge in [0.25, 0.3) is 0 Å². The molecule has 3 rings (SSSR count). The summed E-state index contributed by atoms with van der Waals surface area (Å²) < 4.78 is 37.8. The molecule has 116 valence electrons. The van der Waals surface area contributed by atoms with Gasteiger partial charge < -0.3 is 10.1 Å². The van der Waals surface area contributed by atoms with Gasteiger partial charge in [-0.15, -0.1) is 0 Å².